The van der Waals surface area contributed by atoms with E-state index in [2.05, 4.69) is 21.2 Å². The van der Waals surface area contributed by atoms with Crippen molar-refractivity contribution in [3.8, 4) is 23.0 Å². The number of anilines is 1. The molecule has 0 bridgehead atoms. The fourth-order valence-electron chi connectivity index (χ4n) is 3.22. The van der Waals surface area contributed by atoms with E-state index >= 15 is 0 Å². The van der Waals surface area contributed by atoms with Crippen molar-refractivity contribution in [1.82, 2.24) is 0 Å². The van der Waals surface area contributed by atoms with E-state index in [-0.39, 0.29) is 11.8 Å². The molecule has 26 heavy (non-hydrogen) atoms. The van der Waals surface area contributed by atoms with Crippen molar-refractivity contribution in [2.75, 3.05) is 33.8 Å². The van der Waals surface area contributed by atoms with Crippen molar-refractivity contribution in [2.24, 2.45) is 0 Å². The number of nitrogens with one attached hydrogen (secondary N) is 1. The predicted molar refractivity (Wildman–Crippen MR) is 102 cm³/mol. The van der Waals surface area contributed by atoms with E-state index in [0.717, 1.165) is 21.3 Å². The number of carbonyl (C=O) groups excluding carboxylic acids is 1. The zero-order chi connectivity index (χ0) is 18.8. The van der Waals surface area contributed by atoms with E-state index in [4.69, 9.17) is 18.9 Å². The summed E-state index contributed by atoms with van der Waals surface area (Å²) in [5.41, 5.74) is 2.62. The quantitative estimate of drug-likeness (QED) is 0.791. The number of rotatable bonds is 5. The number of halogens is 1. The highest BCUT2D eigenvalue weighted by Gasteiger charge is 2.29. The van der Waals surface area contributed by atoms with Gasteiger partial charge in [0.1, 0.15) is 0 Å². The van der Waals surface area contributed by atoms with Gasteiger partial charge in [-0.3, -0.25) is 4.79 Å². The van der Waals surface area contributed by atoms with Gasteiger partial charge >= 0.3 is 0 Å². The molecule has 0 spiro atoms. The van der Waals surface area contributed by atoms with Crippen LogP contribution in [0.25, 0.3) is 0 Å². The molecule has 1 aliphatic heterocycles. The van der Waals surface area contributed by atoms with Crippen LogP contribution < -0.4 is 24.3 Å². The SMILES string of the molecule is COc1cc2c(cc1OC)[C@H](c1cc(Br)c(OC)c(OC)c1)CC(=O)N2. The summed E-state index contributed by atoms with van der Waals surface area (Å²) in [6, 6.07) is 7.54. The third kappa shape index (κ3) is 3.19. The highest BCUT2D eigenvalue weighted by atomic mass is 79.9. The molecule has 0 radical (unpaired) electrons. The van der Waals surface area contributed by atoms with Crippen LogP contribution in [-0.2, 0) is 4.79 Å². The lowest BCUT2D eigenvalue weighted by molar-refractivity contribution is -0.116. The van der Waals surface area contributed by atoms with Gasteiger partial charge in [-0.15, -0.1) is 0 Å². The lowest BCUT2D eigenvalue weighted by Crippen LogP contribution is -2.23. The summed E-state index contributed by atoms with van der Waals surface area (Å²) in [6.45, 7) is 0. The monoisotopic (exact) mass is 421 g/mol. The maximum atomic E-state index is 12.3. The third-order valence-corrected chi connectivity index (χ3v) is 5.04. The van der Waals surface area contributed by atoms with Crippen molar-refractivity contribution in [3.63, 3.8) is 0 Å². The maximum Gasteiger partial charge on any atom is 0.225 e. The molecule has 0 aliphatic carbocycles. The summed E-state index contributed by atoms with van der Waals surface area (Å²) in [7, 11) is 6.33. The summed E-state index contributed by atoms with van der Waals surface area (Å²) in [6.07, 6.45) is 0.324. The van der Waals surface area contributed by atoms with Crippen LogP contribution in [0.1, 0.15) is 23.5 Å². The lowest BCUT2D eigenvalue weighted by atomic mass is 9.84. The van der Waals surface area contributed by atoms with Crippen LogP contribution in [0.3, 0.4) is 0 Å². The minimum Gasteiger partial charge on any atom is -0.493 e. The second kappa shape index (κ2) is 7.45. The van der Waals surface area contributed by atoms with Gasteiger partial charge in [0, 0.05) is 24.1 Å². The predicted octanol–water partition coefficient (Wildman–Crippen LogP) is 3.96. The molecule has 1 atom stereocenters. The van der Waals surface area contributed by atoms with E-state index in [1.165, 1.54) is 0 Å². The number of methoxy groups -OCH3 is 4. The summed E-state index contributed by atoms with van der Waals surface area (Å²) >= 11 is 3.52. The molecule has 1 amide bonds. The molecule has 0 unspecified atom stereocenters. The van der Waals surface area contributed by atoms with Crippen LogP contribution in [0.15, 0.2) is 28.7 Å². The Bertz CT molecular complexity index is 852. The van der Waals surface area contributed by atoms with Gasteiger partial charge in [-0.1, -0.05) is 0 Å². The van der Waals surface area contributed by atoms with Crippen molar-refractivity contribution in [2.45, 2.75) is 12.3 Å². The number of carbonyl (C=O) groups is 1. The molecule has 0 aromatic heterocycles. The number of hydrogen-bond acceptors (Lipinski definition) is 5. The van der Waals surface area contributed by atoms with Crippen molar-refractivity contribution >= 4 is 27.5 Å². The first-order valence-electron chi connectivity index (χ1n) is 7.99. The Kier molecular flexibility index (Phi) is 5.27. The zero-order valence-corrected chi connectivity index (χ0v) is 16.6. The Morgan fingerprint density at radius 2 is 1.58 bits per heavy atom. The minimum atomic E-state index is -0.144. The molecule has 6 nitrogen and oxygen atoms in total. The van der Waals surface area contributed by atoms with Gasteiger partial charge in [0.2, 0.25) is 5.91 Å². The number of benzene rings is 2. The molecule has 1 aliphatic rings. The van der Waals surface area contributed by atoms with Crippen LogP contribution in [-0.4, -0.2) is 34.3 Å². The Balaban J connectivity index is 2.16. The fraction of sp³-hybridized carbons (Fsp3) is 0.316. The van der Waals surface area contributed by atoms with E-state index in [1.807, 2.05) is 18.2 Å². The largest absolute Gasteiger partial charge is 0.493 e. The average molecular weight is 422 g/mol. The molecule has 0 saturated heterocycles. The van der Waals surface area contributed by atoms with Crippen LogP contribution in [0.5, 0.6) is 23.0 Å². The van der Waals surface area contributed by atoms with E-state index in [1.54, 1.807) is 34.5 Å². The van der Waals surface area contributed by atoms with Gasteiger partial charge in [-0.05, 0) is 45.3 Å². The van der Waals surface area contributed by atoms with Crippen LogP contribution in [0.4, 0.5) is 5.69 Å². The third-order valence-electron chi connectivity index (χ3n) is 4.45. The van der Waals surface area contributed by atoms with Gasteiger partial charge in [0.05, 0.1) is 32.9 Å². The molecule has 1 heterocycles. The second-order valence-electron chi connectivity index (χ2n) is 5.84. The average Bonchev–Trinajstić information content (AvgIpc) is 2.65. The minimum absolute atomic E-state index is 0.0550. The summed E-state index contributed by atoms with van der Waals surface area (Å²) < 4.78 is 22.4. The Morgan fingerprint density at radius 1 is 0.923 bits per heavy atom. The molecule has 3 rings (SSSR count). The highest BCUT2D eigenvalue weighted by Crippen LogP contribution is 2.46. The van der Waals surface area contributed by atoms with Crippen LogP contribution in [0.2, 0.25) is 0 Å². The Morgan fingerprint density at radius 3 is 2.19 bits per heavy atom. The number of ether oxygens (including phenoxy) is 4. The standard InChI is InChI=1S/C19H20BrNO5/c1-23-15-7-12-11(8-18(22)21-14(12)9-16(15)24-2)10-5-13(20)19(26-4)17(6-10)25-3/h5-7,9,11H,8H2,1-4H3,(H,21,22)/t11-/m0/s1. The molecule has 7 heteroatoms. The van der Waals surface area contributed by atoms with Gasteiger partial charge in [0.15, 0.2) is 23.0 Å². The van der Waals surface area contributed by atoms with Crippen LogP contribution in [0, 0.1) is 0 Å². The number of amides is 1. The molecule has 1 N–H and O–H groups in total. The molecule has 2 aromatic carbocycles. The lowest BCUT2D eigenvalue weighted by Gasteiger charge is -2.28. The first kappa shape index (κ1) is 18.4. The highest BCUT2D eigenvalue weighted by molar-refractivity contribution is 9.10. The fourth-order valence-corrected chi connectivity index (χ4v) is 3.85. The van der Waals surface area contributed by atoms with E-state index < -0.39 is 0 Å². The van der Waals surface area contributed by atoms with Gasteiger partial charge in [-0.25, -0.2) is 0 Å². The van der Waals surface area contributed by atoms with E-state index in [0.29, 0.717) is 29.4 Å². The summed E-state index contributed by atoms with van der Waals surface area (Å²) in [5, 5.41) is 2.91. The maximum absolute atomic E-state index is 12.3. The Hall–Kier alpha value is -2.41. The first-order chi connectivity index (χ1) is 12.5. The molecule has 0 fully saturated rings. The van der Waals surface area contributed by atoms with Gasteiger partial charge in [-0.2, -0.15) is 0 Å². The topological polar surface area (TPSA) is 66.0 Å². The van der Waals surface area contributed by atoms with Crippen molar-refractivity contribution in [3.05, 3.63) is 39.9 Å². The van der Waals surface area contributed by atoms with Gasteiger partial charge < -0.3 is 24.3 Å². The zero-order valence-electron chi connectivity index (χ0n) is 15.0. The molecule has 2 aromatic rings. The second-order valence-corrected chi connectivity index (χ2v) is 6.69. The van der Waals surface area contributed by atoms with Crippen molar-refractivity contribution < 1.29 is 23.7 Å². The number of fused-ring (bicyclic) bond motifs is 1. The molecular weight excluding hydrogens is 402 g/mol. The van der Waals surface area contributed by atoms with Crippen molar-refractivity contribution in [1.29, 1.82) is 0 Å². The molecular formula is C19H20BrNO5. The van der Waals surface area contributed by atoms with Gasteiger partial charge in [0.25, 0.3) is 0 Å². The number of hydrogen-bond donors (Lipinski definition) is 1. The van der Waals surface area contributed by atoms with Crippen LogP contribution >= 0.6 is 15.9 Å². The molecule has 0 saturated carbocycles. The summed E-state index contributed by atoms with van der Waals surface area (Å²) in [5.74, 6) is 2.21. The summed E-state index contributed by atoms with van der Waals surface area (Å²) in [4.78, 5) is 12.3. The normalized spacial score (nSPS) is 15.7. The smallest absolute Gasteiger partial charge is 0.225 e. The van der Waals surface area contributed by atoms with E-state index in [9.17, 15) is 4.79 Å². The molecule has 138 valence electrons. The first-order valence-corrected chi connectivity index (χ1v) is 8.78. The Labute approximate surface area is 160 Å².